The first-order valence-corrected chi connectivity index (χ1v) is 20.1. The van der Waals surface area contributed by atoms with Crippen LogP contribution in [0.5, 0.6) is 0 Å². The van der Waals surface area contributed by atoms with Gasteiger partial charge in [0.2, 0.25) is 0 Å². The molecule has 0 radical (unpaired) electrons. The minimum absolute atomic E-state index is 0.155. The van der Waals surface area contributed by atoms with Crippen molar-refractivity contribution in [3.8, 4) is 62.1 Å². The summed E-state index contributed by atoms with van der Waals surface area (Å²) in [5.74, 6) is 1.89. The van der Waals surface area contributed by atoms with Crippen molar-refractivity contribution in [2.45, 2.75) is 19.3 Å². The summed E-state index contributed by atoms with van der Waals surface area (Å²) in [6.45, 7) is 4.61. The lowest BCUT2D eigenvalue weighted by atomic mass is 9.82. The first kappa shape index (κ1) is 33.5. The smallest absolute Gasteiger partial charge is 0.166 e. The molecule has 0 spiro atoms. The average molecular weight is 757 g/mol. The van der Waals surface area contributed by atoms with Gasteiger partial charge in [0.1, 0.15) is 11.2 Å². The highest BCUT2D eigenvalue weighted by Crippen LogP contribution is 2.49. The van der Waals surface area contributed by atoms with Crippen molar-refractivity contribution >= 4 is 43.7 Å². The van der Waals surface area contributed by atoms with E-state index < -0.39 is 0 Å². The van der Waals surface area contributed by atoms with Gasteiger partial charge in [-0.15, -0.1) is 0 Å². The Labute approximate surface area is 340 Å². The van der Waals surface area contributed by atoms with Crippen molar-refractivity contribution in [2.75, 3.05) is 0 Å². The summed E-state index contributed by atoms with van der Waals surface area (Å²) in [5, 5.41) is 4.45. The van der Waals surface area contributed by atoms with Crippen LogP contribution in [0.3, 0.4) is 0 Å². The van der Waals surface area contributed by atoms with Crippen LogP contribution in [0.15, 0.2) is 186 Å². The number of hydrogen-bond donors (Lipinski definition) is 0. The van der Waals surface area contributed by atoms with Gasteiger partial charge in [0.25, 0.3) is 0 Å². The third kappa shape index (κ3) is 5.14. The first-order chi connectivity index (χ1) is 29.0. The predicted octanol–water partition coefficient (Wildman–Crippen LogP) is 13.8. The summed E-state index contributed by atoms with van der Waals surface area (Å²) < 4.78 is 8.91. The molecular formula is C54H36N4O. The Hall–Kier alpha value is -7.63. The first-order valence-electron chi connectivity index (χ1n) is 20.1. The van der Waals surface area contributed by atoms with E-state index in [-0.39, 0.29) is 5.41 Å². The highest BCUT2D eigenvalue weighted by molar-refractivity contribution is 6.14. The monoisotopic (exact) mass is 756 g/mol. The highest BCUT2D eigenvalue weighted by Gasteiger charge is 2.35. The SMILES string of the molecule is CC1(C)c2ccccc2-c2ccc(-c3nc(-c4ccccc4)nc(-c4cccc5c6ccccc6n(-c6ccc7c(c6)oc6ccc(-c8ccccc8)cc67)c45)n3)cc21. The molecule has 8 aromatic carbocycles. The molecule has 3 heterocycles. The summed E-state index contributed by atoms with van der Waals surface area (Å²) in [6, 6.07) is 64.2. The van der Waals surface area contributed by atoms with Crippen molar-refractivity contribution in [3.05, 3.63) is 193 Å². The van der Waals surface area contributed by atoms with E-state index in [1.165, 1.54) is 27.8 Å². The molecule has 12 rings (SSSR count). The second-order valence-electron chi connectivity index (χ2n) is 16.0. The maximum Gasteiger partial charge on any atom is 0.166 e. The van der Waals surface area contributed by atoms with Crippen LogP contribution in [0.4, 0.5) is 0 Å². The van der Waals surface area contributed by atoms with Crippen molar-refractivity contribution < 1.29 is 4.42 Å². The molecule has 0 N–H and O–H groups in total. The van der Waals surface area contributed by atoms with E-state index in [2.05, 4.69) is 176 Å². The van der Waals surface area contributed by atoms with Gasteiger partial charge in [-0.05, 0) is 75.8 Å². The number of furan rings is 1. The number of nitrogens with zero attached hydrogens (tertiary/aromatic N) is 4. The van der Waals surface area contributed by atoms with Crippen LogP contribution in [0.1, 0.15) is 25.0 Å². The molecule has 0 aliphatic heterocycles. The molecule has 1 aliphatic carbocycles. The number of hydrogen-bond acceptors (Lipinski definition) is 4. The fraction of sp³-hybridized carbons (Fsp3) is 0.0556. The number of rotatable bonds is 5. The molecule has 11 aromatic rings. The van der Waals surface area contributed by atoms with Crippen molar-refractivity contribution in [2.24, 2.45) is 0 Å². The Morgan fingerprint density at radius 2 is 1.07 bits per heavy atom. The number of fused-ring (bicyclic) bond motifs is 9. The largest absolute Gasteiger partial charge is 0.456 e. The molecule has 278 valence electrons. The van der Waals surface area contributed by atoms with Crippen LogP contribution >= 0.6 is 0 Å². The fourth-order valence-electron chi connectivity index (χ4n) is 9.37. The van der Waals surface area contributed by atoms with Gasteiger partial charge in [-0.25, -0.2) is 15.0 Å². The minimum atomic E-state index is -0.155. The molecular weight excluding hydrogens is 721 g/mol. The van der Waals surface area contributed by atoms with Crippen LogP contribution in [-0.4, -0.2) is 19.5 Å². The summed E-state index contributed by atoms with van der Waals surface area (Å²) in [5.41, 5.74) is 15.0. The Morgan fingerprint density at radius 1 is 0.407 bits per heavy atom. The van der Waals surface area contributed by atoms with Gasteiger partial charge in [0.05, 0.1) is 11.0 Å². The fourth-order valence-corrected chi connectivity index (χ4v) is 9.37. The zero-order valence-corrected chi connectivity index (χ0v) is 32.5. The summed E-state index contributed by atoms with van der Waals surface area (Å²) in [6.07, 6.45) is 0. The Kier molecular flexibility index (Phi) is 7.20. The number of aromatic nitrogens is 4. The molecule has 59 heavy (non-hydrogen) atoms. The molecule has 0 saturated carbocycles. The van der Waals surface area contributed by atoms with Crippen LogP contribution < -0.4 is 0 Å². The Bertz CT molecular complexity index is 3470. The van der Waals surface area contributed by atoms with Crippen LogP contribution in [0.25, 0.3) is 106 Å². The van der Waals surface area contributed by atoms with E-state index >= 15 is 0 Å². The Balaban J connectivity index is 1.07. The molecule has 5 nitrogen and oxygen atoms in total. The van der Waals surface area contributed by atoms with Gasteiger partial charge in [-0.2, -0.15) is 0 Å². The van der Waals surface area contributed by atoms with Gasteiger partial charge < -0.3 is 8.98 Å². The maximum atomic E-state index is 6.57. The maximum absolute atomic E-state index is 6.57. The Morgan fingerprint density at radius 3 is 1.92 bits per heavy atom. The normalized spacial score (nSPS) is 13.1. The minimum Gasteiger partial charge on any atom is -0.456 e. The molecule has 0 bridgehead atoms. The van der Waals surface area contributed by atoms with E-state index in [0.29, 0.717) is 17.5 Å². The van der Waals surface area contributed by atoms with E-state index in [4.69, 9.17) is 19.4 Å². The van der Waals surface area contributed by atoms with Gasteiger partial charge in [-0.3, -0.25) is 0 Å². The lowest BCUT2D eigenvalue weighted by Crippen LogP contribution is -2.15. The quantitative estimate of drug-likeness (QED) is 0.175. The van der Waals surface area contributed by atoms with Gasteiger partial charge in [0, 0.05) is 55.4 Å². The zero-order valence-electron chi connectivity index (χ0n) is 32.5. The highest BCUT2D eigenvalue weighted by atomic mass is 16.3. The molecule has 0 atom stereocenters. The second-order valence-corrected chi connectivity index (χ2v) is 16.0. The van der Waals surface area contributed by atoms with Crippen molar-refractivity contribution in [1.82, 2.24) is 19.5 Å². The molecule has 0 amide bonds. The summed E-state index contributed by atoms with van der Waals surface area (Å²) in [7, 11) is 0. The predicted molar refractivity (Wildman–Crippen MR) is 241 cm³/mol. The molecule has 5 heteroatoms. The molecule has 0 fully saturated rings. The van der Waals surface area contributed by atoms with Crippen LogP contribution in [-0.2, 0) is 5.41 Å². The standard InChI is InChI=1S/C54H36N4O/c1-54(2)45-22-11-9-18-38(45)39-27-24-36(31-46(39)54)52-55-51(34-16-7-4-8-17-34)56-53(57-52)43-21-13-20-42-40-19-10-12-23-47(40)58(50(42)43)37-26-28-41-44-30-35(33-14-5-3-6-15-33)25-29-48(44)59-49(41)32-37/h3-32H,1-2H3. The number of benzene rings is 8. The lowest BCUT2D eigenvalue weighted by Gasteiger charge is -2.21. The molecule has 0 saturated heterocycles. The summed E-state index contributed by atoms with van der Waals surface area (Å²) in [4.78, 5) is 15.7. The van der Waals surface area contributed by atoms with Gasteiger partial charge in [-0.1, -0.05) is 147 Å². The van der Waals surface area contributed by atoms with E-state index in [1.807, 2.05) is 24.3 Å². The third-order valence-corrected chi connectivity index (χ3v) is 12.3. The third-order valence-electron chi connectivity index (χ3n) is 12.3. The lowest BCUT2D eigenvalue weighted by molar-refractivity contribution is 0.660. The van der Waals surface area contributed by atoms with Crippen LogP contribution in [0.2, 0.25) is 0 Å². The van der Waals surface area contributed by atoms with E-state index in [0.717, 1.165) is 71.7 Å². The van der Waals surface area contributed by atoms with Gasteiger partial charge in [0.15, 0.2) is 17.5 Å². The molecule has 1 aliphatic rings. The zero-order chi connectivity index (χ0) is 39.2. The summed E-state index contributed by atoms with van der Waals surface area (Å²) >= 11 is 0. The van der Waals surface area contributed by atoms with E-state index in [9.17, 15) is 0 Å². The molecule has 3 aromatic heterocycles. The van der Waals surface area contributed by atoms with Crippen molar-refractivity contribution in [3.63, 3.8) is 0 Å². The average Bonchev–Trinajstić information content (AvgIpc) is 3.91. The number of para-hydroxylation sites is 2. The second kappa shape index (κ2) is 12.7. The molecule has 0 unspecified atom stereocenters. The van der Waals surface area contributed by atoms with Crippen molar-refractivity contribution in [1.29, 1.82) is 0 Å². The van der Waals surface area contributed by atoms with E-state index in [1.54, 1.807) is 0 Å². The topological polar surface area (TPSA) is 56.7 Å². The van der Waals surface area contributed by atoms with Gasteiger partial charge >= 0.3 is 0 Å². The van der Waals surface area contributed by atoms with Crippen LogP contribution in [0, 0.1) is 0 Å².